The first-order valence-electron chi connectivity index (χ1n) is 23.4. The fourth-order valence-electron chi connectivity index (χ4n) is 7.77. The quantitative estimate of drug-likeness (QED) is 0.0389. The van der Waals surface area contributed by atoms with Gasteiger partial charge in [0.25, 0.3) is 0 Å². The largest absolute Gasteiger partial charge is 0.493 e. The number of methoxy groups -OCH3 is 2. The number of pyridine rings is 2. The summed E-state index contributed by atoms with van der Waals surface area (Å²) >= 11 is 5.75. The minimum absolute atomic E-state index is 0.0874. The number of carbonyl (C=O) groups excluding carboxylic acids is 2. The van der Waals surface area contributed by atoms with Crippen LogP contribution in [0.3, 0.4) is 0 Å². The molecule has 2 aromatic heterocycles. The van der Waals surface area contributed by atoms with Crippen molar-refractivity contribution in [2.75, 3.05) is 52.9 Å². The Kier molecular flexibility index (Phi) is 17.8. The number of ketones is 2. The molecule has 6 aromatic carbocycles. The lowest BCUT2D eigenvalue weighted by Gasteiger charge is -2.18. The Labute approximate surface area is 414 Å². The number of carbonyl (C=O) groups is 2. The van der Waals surface area contributed by atoms with Gasteiger partial charge in [-0.3, -0.25) is 19.6 Å². The Bertz CT molecular complexity index is 3040. The molecule has 8 aromatic rings. The van der Waals surface area contributed by atoms with Crippen molar-refractivity contribution in [2.45, 2.75) is 40.5 Å². The summed E-state index contributed by atoms with van der Waals surface area (Å²) in [6, 6.07) is 40.6. The van der Waals surface area contributed by atoms with E-state index in [9.17, 15) is 9.59 Å². The number of fused-ring (bicyclic) bond motifs is 2. The van der Waals surface area contributed by atoms with Crippen LogP contribution in [-0.4, -0.2) is 79.4 Å². The van der Waals surface area contributed by atoms with Crippen LogP contribution >= 0.6 is 11.6 Å². The number of alkyl halides is 1. The Hall–Kier alpha value is -7.47. The van der Waals surface area contributed by atoms with Crippen molar-refractivity contribution in [3.8, 4) is 46.0 Å². The van der Waals surface area contributed by atoms with Gasteiger partial charge in [-0.15, -0.1) is 11.6 Å². The highest BCUT2D eigenvalue weighted by molar-refractivity contribution is 6.17. The molecule has 11 nitrogen and oxygen atoms in total. The molecule has 0 atom stereocenters. The first-order chi connectivity index (χ1) is 34.1. The fraction of sp³-hybridized carbons (Fsp3) is 0.241. The number of benzene rings is 6. The van der Waals surface area contributed by atoms with Gasteiger partial charge in [0.05, 0.1) is 49.6 Å². The van der Waals surface area contributed by atoms with Crippen molar-refractivity contribution in [1.82, 2.24) is 14.9 Å². The van der Waals surface area contributed by atoms with Crippen molar-refractivity contribution in [3.63, 3.8) is 0 Å². The number of ether oxygens (including phenoxy) is 6. The Morgan fingerprint density at radius 3 is 1.37 bits per heavy atom. The summed E-state index contributed by atoms with van der Waals surface area (Å²) in [5.41, 5.74) is 5.60. The van der Waals surface area contributed by atoms with E-state index < -0.39 is 0 Å². The van der Waals surface area contributed by atoms with Crippen molar-refractivity contribution in [2.24, 2.45) is 0 Å². The molecule has 0 N–H and O–H groups in total. The Morgan fingerprint density at radius 1 is 0.514 bits per heavy atom. The van der Waals surface area contributed by atoms with E-state index in [2.05, 4.69) is 28.7 Å². The number of hydrogen-bond acceptors (Lipinski definition) is 11. The van der Waals surface area contributed by atoms with E-state index in [1.165, 1.54) is 0 Å². The van der Waals surface area contributed by atoms with Crippen LogP contribution < -0.4 is 28.4 Å². The summed E-state index contributed by atoms with van der Waals surface area (Å²) in [5.74, 6) is 4.87. The molecule has 70 heavy (non-hydrogen) atoms. The lowest BCUT2D eigenvalue weighted by atomic mass is 10.0. The smallest absolute Gasteiger partial charge is 0.196 e. The number of nitrogens with zero attached hydrogens (tertiary/aromatic N) is 3. The lowest BCUT2D eigenvalue weighted by molar-refractivity contribution is 0.102. The third kappa shape index (κ3) is 12.6. The number of aromatic nitrogens is 2. The van der Waals surface area contributed by atoms with Crippen LogP contribution in [0.1, 0.15) is 69.7 Å². The number of hydrogen-bond donors (Lipinski definition) is 0. The molecule has 0 bridgehead atoms. The predicted molar refractivity (Wildman–Crippen MR) is 278 cm³/mol. The van der Waals surface area contributed by atoms with Crippen molar-refractivity contribution in [3.05, 3.63) is 179 Å². The second-order valence-corrected chi connectivity index (χ2v) is 16.8. The molecule has 12 heteroatoms. The maximum atomic E-state index is 13.3. The summed E-state index contributed by atoms with van der Waals surface area (Å²) in [4.78, 5) is 37.9. The zero-order valence-corrected chi connectivity index (χ0v) is 41.3. The van der Waals surface area contributed by atoms with Crippen LogP contribution in [0.15, 0.2) is 146 Å². The minimum Gasteiger partial charge on any atom is -0.493 e. The second kappa shape index (κ2) is 24.7. The van der Waals surface area contributed by atoms with Crippen LogP contribution in [0.4, 0.5) is 0 Å². The van der Waals surface area contributed by atoms with E-state index >= 15 is 0 Å². The highest BCUT2D eigenvalue weighted by Gasteiger charge is 2.20. The monoisotopic (exact) mass is 959 g/mol. The number of halogens is 1. The number of rotatable bonds is 21. The average molecular weight is 961 g/mol. The first kappa shape index (κ1) is 50.4. The molecule has 0 radical (unpaired) electrons. The van der Waals surface area contributed by atoms with Crippen molar-refractivity contribution in [1.29, 1.82) is 0 Å². The summed E-state index contributed by atoms with van der Waals surface area (Å²) in [6.07, 6.45) is 5.01. The van der Waals surface area contributed by atoms with Crippen molar-refractivity contribution >= 4 is 45.0 Å². The molecule has 0 aliphatic carbocycles. The van der Waals surface area contributed by atoms with Gasteiger partial charge in [-0.1, -0.05) is 97.8 Å². The zero-order valence-electron chi connectivity index (χ0n) is 40.5. The van der Waals surface area contributed by atoms with Gasteiger partial charge in [0.2, 0.25) is 0 Å². The SMILES string of the molecule is CCN(CC)CCCOc1cc2nccc(Oc3ccc(C)cc3C(=O)c3ccccc3)c2cc1OC.COc1cc2c(Oc3ccc(C)cc3C(=O)c3ccccc3)ccnc2cc1OCCCCl. The summed E-state index contributed by atoms with van der Waals surface area (Å²) in [7, 11) is 3.21. The Morgan fingerprint density at radius 2 is 0.957 bits per heavy atom. The number of aryl methyl sites for hydroxylation is 2. The van der Waals surface area contributed by atoms with Crippen LogP contribution in [0.5, 0.6) is 46.0 Å². The van der Waals surface area contributed by atoms with E-state index in [1.54, 1.807) is 50.9 Å². The van der Waals surface area contributed by atoms with E-state index in [0.29, 0.717) is 92.9 Å². The molecule has 8 rings (SSSR count). The van der Waals surface area contributed by atoms with E-state index in [-0.39, 0.29) is 11.6 Å². The molecule has 360 valence electrons. The van der Waals surface area contributed by atoms with E-state index in [1.807, 2.05) is 123 Å². The summed E-state index contributed by atoms with van der Waals surface area (Å²) in [6.45, 7) is 12.4. The average Bonchev–Trinajstić information content (AvgIpc) is 3.39. The van der Waals surface area contributed by atoms with Gasteiger partial charge in [-0.25, -0.2) is 0 Å². The highest BCUT2D eigenvalue weighted by atomic mass is 35.5. The molecule has 0 saturated heterocycles. The van der Waals surface area contributed by atoms with Crippen LogP contribution in [-0.2, 0) is 0 Å². The van der Waals surface area contributed by atoms with Gasteiger partial charge >= 0.3 is 0 Å². The third-order valence-corrected chi connectivity index (χ3v) is 11.8. The van der Waals surface area contributed by atoms with Gasteiger partial charge in [-0.05, 0) is 88.3 Å². The minimum atomic E-state index is -0.0970. The first-order valence-corrected chi connectivity index (χ1v) is 23.9. The van der Waals surface area contributed by atoms with Crippen molar-refractivity contribution < 1.29 is 38.0 Å². The van der Waals surface area contributed by atoms with Crippen LogP contribution in [0.2, 0.25) is 0 Å². The van der Waals surface area contributed by atoms with Crippen LogP contribution in [0.25, 0.3) is 21.8 Å². The van der Waals surface area contributed by atoms with E-state index in [4.69, 9.17) is 40.0 Å². The topological polar surface area (TPSA) is 119 Å². The normalized spacial score (nSPS) is 10.9. The second-order valence-electron chi connectivity index (χ2n) is 16.4. The maximum absolute atomic E-state index is 13.3. The van der Waals surface area contributed by atoms with Gasteiger partial charge in [0.1, 0.15) is 23.0 Å². The lowest BCUT2D eigenvalue weighted by Crippen LogP contribution is -2.25. The molecule has 0 spiro atoms. The molecule has 2 heterocycles. The molecule has 0 aliphatic rings. The third-order valence-electron chi connectivity index (χ3n) is 11.6. The predicted octanol–water partition coefficient (Wildman–Crippen LogP) is 13.3. The summed E-state index contributed by atoms with van der Waals surface area (Å²) < 4.78 is 35.7. The van der Waals surface area contributed by atoms with Gasteiger partial charge < -0.3 is 33.3 Å². The standard InChI is InChI=1S/C31H34N2O4.C27H24ClNO4/c1-5-33(6-2)17-10-18-36-30-21-26-24(20-29(30)35-4)28(15-16-32-26)37-27-14-13-22(3)19-25(27)31(34)23-11-8-7-9-12-23;1-18-9-10-23(21(15-18)27(30)19-7-4-3-5-8-19)33-24-11-13-29-22-17-26(32-14-6-12-28)25(31-2)16-20(22)24/h7-9,11-16,19-21H,5-6,10,17-18H2,1-4H3;3-5,7-11,13,15-17H,6,12,14H2,1-2H3. The fourth-order valence-corrected chi connectivity index (χ4v) is 7.88. The summed E-state index contributed by atoms with van der Waals surface area (Å²) in [5, 5.41) is 1.52. The van der Waals surface area contributed by atoms with Crippen LogP contribution in [0, 0.1) is 13.8 Å². The van der Waals surface area contributed by atoms with Gasteiger partial charge in [-0.2, -0.15) is 0 Å². The molecule has 0 unspecified atom stereocenters. The molecule has 0 amide bonds. The Balaban J connectivity index is 0.000000208. The van der Waals surface area contributed by atoms with Gasteiger partial charge in [0, 0.05) is 58.9 Å². The molecular formula is C58H58ClN3O8. The zero-order chi connectivity index (χ0) is 49.4. The van der Waals surface area contributed by atoms with E-state index in [0.717, 1.165) is 59.9 Å². The molecule has 0 saturated carbocycles. The van der Waals surface area contributed by atoms with Gasteiger partial charge in [0.15, 0.2) is 34.6 Å². The molecular weight excluding hydrogens is 902 g/mol. The maximum Gasteiger partial charge on any atom is 0.196 e. The molecule has 0 fully saturated rings. The molecule has 0 aliphatic heterocycles. The highest BCUT2D eigenvalue weighted by Crippen LogP contribution is 2.40.